The molecule has 1 saturated carbocycles. The zero-order valence-corrected chi connectivity index (χ0v) is 12.0. The summed E-state index contributed by atoms with van der Waals surface area (Å²) < 4.78 is 18.0. The van der Waals surface area contributed by atoms with Crippen LogP contribution >= 0.6 is 11.6 Å². The molecule has 0 unspecified atom stereocenters. The normalized spacial score (nSPS) is 14.0. The van der Waals surface area contributed by atoms with Crippen LogP contribution in [-0.2, 0) is 9.53 Å². The maximum Gasteiger partial charge on any atom is 0.325 e. The number of nitrogens with zero attached hydrogens (tertiary/aromatic N) is 1. The van der Waals surface area contributed by atoms with Crippen LogP contribution in [0.3, 0.4) is 0 Å². The monoisotopic (exact) mass is 299 g/mol. The summed E-state index contributed by atoms with van der Waals surface area (Å²) in [4.78, 5) is 25.3. The molecule has 0 saturated heterocycles. The predicted molar refractivity (Wildman–Crippen MR) is 72.2 cm³/mol. The smallest absolute Gasteiger partial charge is 0.325 e. The third-order valence-corrected chi connectivity index (χ3v) is 3.57. The Balaban J connectivity index is 2.27. The number of hydrogen-bond donors (Lipinski definition) is 0. The van der Waals surface area contributed by atoms with Crippen LogP contribution in [0.4, 0.5) is 4.39 Å². The average molecular weight is 300 g/mol. The molecule has 6 heteroatoms. The highest BCUT2D eigenvalue weighted by Crippen LogP contribution is 2.30. The van der Waals surface area contributed by atoms with Crippen LogP contribution in [-0.4, -0.2) is 36.5 Å². The highest BCUT2D eigenvalue weighted by atomic mass is 35.5. The van der Waals surface area contributed by atoms with Crippen molar-refractivity contribution in [2.75, 3.05) is 13.7 Å². The van der Waals surface area contributed by atoms with Crippen molar-refractivity contribution in [3.05, 3.63) is 34.1 Å². The number of esters is 1. The molecule has 108 valence electrons. The van der Waals surface area contributed by atoms with Crippen LogP contribution in [0.5, 0.6) is 0 Å². The molecule has 2 rings (SSSR count). The Morgan fingerprint density at radius 3 is 2.65 bits per heavy atom. The van der Waals surface area contributed by atoms with Crippen molar-refractivity contribution >= 4 is 23.5 Å². The van der Waals surface area contributed by atoms with Gasteiger partial charge in [0.1, 0.15) is 12.4 Å². The van der Waals surface area contributed by atoms with Gasteiger partial charge >= 0.3 is 5.97 Å². The summed E-state index contributed by atoms with van der Waals surface area (Å²) in [5.74, 6) is -1.32. The Morgan fingerprint density at radius 2 is 2.10 bits per heavy atom. The molecule has 0 heterocycles. The van der Waals surface area contributed by atoms with Crippen molar-refractivity contribution in [3.63, 3.8) is 0 Å². The van der Waals surface area contributed by atoms with Crippen LogP contribution in [0.15, 0.2) is 12.1 Å². The van der Waals surface area contributed by atoms with Crippen LogP contribution in [0.1, 0.15) is 28.8 Å². The second-order valence-electron chi connectivity index (χ2n) is 4.82. The highest BCUT2D eigenvalue weighted by Gasteiger charge is 2.35. The minimum absolute atomic E-state index is 0.0306. The van der Waals surface area contributed by atoms with E-state index in [1.807, 2.05) is 0 Å². The van der Waals surface area contributed by atoms with Crippen LogP contribution in [0.2, 0.25) is 5.02 Å². The number of rotatable bonds is 4. The molecule has 0 aromatic heterocycles. The van der Waals surface area contributed by atoms with Gasteiger partial charge in [-0.05, 0) is 37.5 Å². The predicted octanol–water partition coefficient (Wildman–Crippen LogP) is 2.57. The summed E-state index contributed by atoms with van der Waals surface area (Å²) in [5, 5.41) is 0.0496. The van der Waals surface area contributed by atoms with Gasteiger partial charge in [-0.15, -0.1) is 0 Å². The number of amides is 1. The molecule has 0 bridgehead atoms. The van der Waals surface area contributed by atoms with Crippen LogP contribution in [0, 0.1) is 12.7 Å². The van der Waals surface area contributed by atoms with Crippen molar-refractivity contribution in [1.82, 2.24) is 4.90 Å². The Hall–Kier alpha value is -1.62. The summed E-state index contributed by atoms with van der Waals surface area (Å²) in [5.41, 5.74) is 0.549. The van der Waals surface area contributed by atoms with Crippen molar-refractivity contribution < 1.29 is 18.7 Å². The fraction of sp³-hybridized carbons (Fsp3) is 0.429. The maximum atomic E-state index is 13.4. The lowest BCUT2D eigenvalue weighted by atomic mass is 10.1. The van der Waals surface area contributed by atoms with Gasteiger partial charge in [-0.2, -0.15) is 0 Å². The van der Waals surface area contributed by atoms with Gasteiger partial charge in [0.15, 0.2) is 0 Å². The molecule has 0 N–H and O–H groups in total. The summed E-state index contributed by atoms with van der Waals surface area (Å²) in [6.45, 7) is 1.44. The molecular weight excluding hydrogens is 285 g/mol. The van der Waals surface area contributed by atoms with Gasteiger partial charge in [-0.1, -0.05) is 11.6 Å². The van der Waals surface area contributed by atoms with Gasteiger partial charge in [0, 0.05) is 6.04 Å². The molecule has 1 aliphatic carbocycles. The second kappa shape index (κ2) is 5.79. The fourth-order valence-corrected chi connectivity index (χ4v) is 2.16. The molecular formula is C14H15ClFNO3. The first-order chi connectivity index (χ1) is 9.43. The molecule has 4 nitrogen and oxygen atoms in total. The molecule has 0 radical (unpaired) electrons. The fourth-order valence-electron chi connectivity index (χ4n) is 1.93. The lowest BCUT2D eigenvalue weighted by Crippen LogP contribution is -2.38. The maximum absolute atomic E-state index is 13.4. The van der Waals surface area contributed by atoms with Gasteiger partial charge in [0.2, 0.25) is 0 Å². The third-order valence-electron chi connectivity index (χ3n) is 3.25. The first-order valence-electron chi connectivity index (χ1n) is 6.27. The zero-order valence-electron chi connectivity index (χ0n) is 11.3. The van der Waals surface area contributed by atoms with Crippen LogP contribution < -0.4 is 0 Å². The highest BCUT2D eigenvalue weighted by molar-refractivity contribution is 6.33. The molecule has 1 amide bonds. The van der Waals surface area contributed by atoms with Crippen molar-refractivity contribution in [2.45, 2.75) is 25.8 Å². The molecule has 0 atom stereocenters. The van der Waals surface area contributed by atoms with E-state index in [1.165, 1.54) is 18.1 Å². The van der Waals surface area contributed by atoms with E-state index in [2.05, 4.69) is 4.74 Å². The van der Waals surface area contributed by atoms with E-state index in [4.69, 9.17) is 11.6 Å². The molecule has 1 aliphatic rings. The standard InChI is InChI=1S/C14H15ClFNO3/c1-8-5-10(11(15)6-12(8)16)14(19)17(9-3-4-9)7-13(18)20-2/h5-6,9H,3-4,7H2,1-2H3. The number of ether oxygens (including phenoxy) is 1. The summed E-state index contributed by atoms with van der Waals surface area (Å²) >= 11 is 5.93. The number of benzene rings is 1. The molecule has 20 heavy (non-hydrogen) atoms. The zero-order chi connectivity index (χ0) is 14.9. The Labute approximate surface area is 121 Å². The van der Waals surface area contributed by atoms with E-state index in [0.29, 0.717) is 5.56 Å². The Bertz CT molecular complexity index is 558. The van der Waals surface area contributed by atoms with Gasteiger partial charge in [0.25, 0.3) is 5.91 Å². The van der Waals surface area contributed by atoms with Crippen molar-refractivity contribution in [2.24, 2.45) is 0 Å². The second-order valence-corrected chi connectivity index (χ2v) is 5.23. The number of hydrogen-bond acceptors (Lipinski definition) is 3. The average Bonchev–Trinajstić information content (AvgIpc) is 3.23. The van der Waals surface area contributed by atoms with E-state index < -0.39 is 11.8 Å². The topological polar surface area (TPSA) is 46.6 Å². The minimum atomic E-state index is -0.486. The number of carbonyl (C=O) groups excluding carboxylic acids is 2. The molecule has 1 aromatic carbocycles. The van der Waals surface area contributed by atoms with E-state index >= 15 is 0 Å². The minimum Gasteiger partial charge on any atom is -0.468 e. The largest absolute Gasteiger partial charge is 0.468 e. The van der Waals surface area contributed by atoms with Crippen LogP contribution in [0.25, 0.3) is 0 Å². The lowest BCUT2D eigenvalue weighted by Gasteiger charge is -2.21. The first kappa shape index (κ1) is 14.8. The van der Waals surface area contributed by atoms with E-state index in [1.54, 1.807) is 6.92 Å². The summed E-state index contributed by atoms with van der Waals surface area (Å²) in [6.07, 6.45) is 1.70. The number of aryl methyl sites for hydroxylation is 1. The van der Waals surface area contributed by atoms with E-state index in [-0.39, 0.29) is 29.1 Å². The van der Waals surface area contributed by atoms with Gasteiger partial charge < -0.3 is 9.64 Å². The van der Waals surface area contributed by atoms with Gasteiger partial charge in [-0.25, -0.2) is 4.39 Å². The summed E-state index contributed by atoms with van der Waals surface area (Å²) in [6, 6.07) is 2.56. The van der Waals surface area contributed by atoms with Crippen molar-refractivity contribution in [3.8, 4) is 0 Å². The number of halogens is 2. The number of methoxy groups -OCH3 is 1. The molecule has 0 aliphatic heterocycles. The molecule has 1 aromatic rings. The van der Waals surface area contributed by atoms with Gasteiger partial charge in [-0.3, -0.25) is 9.59 Å². The summed E-state index contributed by atoms with van der Waals surface area (Å²) in [7, 11) is 1.27. The third kappa shape index (κ3) is 3.10. The number of carbonyl (C=O) groups is 2. The molecule has 0 spiro atoms. The Morgan fingerprint density at radius 1 is 1.45 bits per heavy atom. The SMILES string of the molecule is COC(=O)CN(C(=O)c1cc(C)c(F)cc1Cl)C1CC1. The van der Waals surface area contributed by atoms with E-state index in [0.717, 1.165) is 18.9 Å². The van der Waals surface area contributed by atoms with Crippen molar-refractivity contribution in [1.29, 1.82) is 0 Å². The lowest BCUT2D eigenvalue weighted by molar-refractivity contribution is -0.141. The first-order valence-corrected chi connectivity index (χ1v) is 6.65. The molecule has 1 fully saturated rings. The Kier molecular flexibility index (Phi) is 4.28. The van der Waals surface area contributed by atoms with Gasteiger partial charge in [0.05, 0.1) is 17.7 Å². The quantitative estimate of drug-likeness (QED) is 0.803. The van der Waals surface area contributed by atoms with E-state index in [9.17, 15) is 14.0 Å².